The molecule has 0 aliphatic rings. The van der Waals surface area contributed by atoms with Crippen LogP contribution in [-0.2, 0) is 0 Å². The molecule has 2 N–H and O–H groups in total. The van der Waals surface area contributed by atoms with Crippen LogP contribution in [0.1, 0.15) is 10.4 Å². The molecular formula is C13H8BrF2NO2. The SMILES string of the molecule is O=C(O)c1ccccc1Nc1cc(F)c(Br)cc1F. The predicted octanol–water partition coefficient (Wildman–Crippen LogP) is 4.17. The summed E-state index contributed by atoms with van der Waals surface area (Å²) in [5.74, 6) is -2.48. The second-order valence-corrected chi connectivity index (χ2v) is 4.58. The number of halogens is 3. The van der Waals surface area contributed by atoms with Gasteiger partial charge in [0.05, 0.1) is 21.4 Å². The molecule has 0 radical (unpaired) electrons. The van der Waals surface area contributed by atoms with Crippen LogP contribution in [0.15, 0.2) is 40.9 Å². The highest BCUT2D eigenvalue weighted by atomic mass is 79.9. The van der Waals surface area contributed by atoms with Crippen LogP contribution in [0.5, 0.6) is 0 Å². The summed E-state index contributed by atoms with van der Waals surface area (Å²) in [6, 6.07) is 7.93. The van der Waals surface area contributed by atoms with E-state index in [2.05, 4.69) is 21.2 Å². The molecule has 2 rings (SSSR count). The van der Waals surface area contributed by atoms with E-state index < -0.39 is 17.6 Å². The summed E-state index contributed by atoms with van der Waals surface area (Å²) in [4.78, 5) is 11.0. The summed E-state index contributed by atoms with van der Waals surface area (Å²) in [5, 5.41) is 11.6. The van der Waals surface area contributed by atoms with E-state index in [1.165, 1.54) is 12.1 Å². The third-order valence-corrected chi connectivity index (χ3v) is 3.04. The Morgan fingerprint density at radius 3 is 2.47 bits per heavy atom. The first-order valence-corrected chi connectivity index (χ1v) is 6.02. The summed E-state index contributed by atoms with van der Waals surface area (Å²) >= 11 is 2.87. The lowest BCUT2D eigenvalue weighted by atomic mass is 10.1. The molecule has 0 aliphatic heterocycles. The van der Waals surface area contributed by atoms with Crippen LogP contribution in [0.4, 0.5) is 20.2 Å². The molecule has 0 spiro atoms. The van der Waals surface area contributed by atoms with Gasteiger partial charge in [-0.05, 0) is 34.1 Å². The first kappa shape index (κ1) is 13.5. The van der Waals surface area contributed by atoms with Crippen molar-refractivity contribution in [1.29, 1.82) is 0 Å². The molecule has 3 nitrogen and oxygen atoms in total. The van der Waals surface area contributed by atoms with Crippen molar-refractivity contribution in [1.82, 2.24) is 0 Å². The lowest BCUT2D eigenvalue weighted by Gasteiger charge is -2.10. The molecule has 19 heavy (non-hydrogen) atoms. The minimum absolute atomic E-state index is 0.00192. The third-order valence-electron chi connectivity index (χ3n) is 2.44. The second kappa shape index (κ2) is 5.36. The highest BCUT2D eigenvalue weighted by molar-refractivity contribution is 9.10. The lowest BCUT2D eigenvalue weighted by Crippen LogP contribution is -2.03. The number of hydrogen-bond acceptors (Lipinski definition) is 2. The van der Waals surface area contributed by atoms with Crippen LogP contribution < -0.4 is 5.32 Å². The third kappa shape index (κ3) is 2.90. The Bertz CT molecular complexity index is 647. The number of benzene rings is 2. The van der Waals surface area contributed by atoms with E-state index in [1.54, 1.807) is 12.1 Å². The van der Waals surface area contributed by atoms with Crippen LogP contribution in [-0.4, -0.2) is 11.1 Å². The highest BCUT2D eigenvalue weighted by Crippen LogP contribution is 2.27. The molecule has 0 aliphatic carbocycles. The Balaban J connectivity index is 2.42. The average Bonchev–Trinajstić information content (AvgIpc) is 2.36. The van der Waals surface area contributed by atoms with Gasteiger partial charge in [0.25, 0.3) is 0 Å². The van der Waals surface area contributed by atoms with Crippen molar-refractivity contribution < 1.29 is 18.7 Å². The Hall–Kier alpha value is -1.95. The molecule has 0 amide bonds. The van der Waals surface area contributed by atoms with E-state index in [-0.39, 0.29) is 21.4 Å². The maximum Gasteiger partial charge on any atom is 0.337 e. The zero-order valence-electron chi connectivity index (χ0n) is 9.45. The van der Waals surface area contributed by atoms with Gasteiger partial charge in [-0.15, -0.1) is 0 Å². The number of aromatic carboxylic acids is 1. The van der Waals surface area contributed by atoms with Gasteiger partial charge in [-0.1, -0.05) is 12.1 Å². The molecule has 0 saturated heterocycles. The minimum Gasteiger partial charge on any atom is -0.478 e. The van der Waals surface area contributed by atoms with Crippen molar-refractivity contribution in [2.45, 2.75) is 0 Å². The van der Waals surface area contributed by atoms with Gasteiger partial charge in [-0.25, -0.2) is 13.6 Å². The van der Waals surface area contributed by atoms with Gasteiger partial charge in [-0.3, -0.25) is 0 Å². The van der Waals surface area contributed by atoms with E-state index in [0.717, 1.165) is 12.1 Å². The molecule has 98 valence electrons. The Morgan fingerprint density at radius 1 is 1.11 bits per heavy atom. The molecule has 6 heteroatoms. The van der Waals surface area contributed by atoms with Crippen LogP contribution in [0.3, 0.4) is 0 Å². The Morgan fingerprint density at radius 2 is 1.79 bits per heavy atom. The van der Waals surface area contributed by atoms with Crippen molar-refractivity contribution in [2.24, 2.45) is 0 Å². The number of anilines is 2. The van der Waals surface area contributed by atoms with Crippen molar-refractivity contribution in [3.63, 3.8) is 0 Å². The molecule has 0 heterocycles. The summed E-state index contributed by atoms with van der Waals surface area (Å²) in [7, 11) is 0. The Labute approximate surface area is 116 Å². The molecule has 0 saturated carbocycles. The summed E-state index contributed by atoms with van der Waals surface area (Å²) in [6.07, 6.45) is 0. The van der Waals surface area contributed by atoms with Crippen LogP contribution >= 0.6 is 15.9 Å². The normalized spacial score (nSPS) is 10.3. The second-order valence-electron chi connectivity index (χ2n) is 3.72. The maximum absolute atomic E-state index is 13.6. The van der Waals surface area contributed by atoms with E-state index in [0.29, 0.717) is 0 Å². The zero-order valence-corrected chi connectivity index (χ0v) is 11.0. The first-order chi connectivity index (χ1) is 8.99. The fourth-order valence-corrected chi connectivity index (χ4v) is 1.86. The number of carboxylic acid groups (broad SMARTS) is 1. The van der Waals surface area contributed by atoms with Crippen molar-refractivity contribution >= 4 is 33.3 Å². The van der Waals surface area contributed by atoms with Gasteiger partial charge in [0.15, 0.2) is 0 Å². The molecule has 0 aromatic heterocycles. The zero-order chi connectivity index (χ0) is 14.0. The monoisotopic (exact) mass is 327 g/mol. The highest BCUT2D eigenvalue weighted by Gasteiger charge is 2.13. The number of carbonyl (C=O) groups is 1. The number of para-hydroxylation sites is 1. The topological polar surface area (TPSA) is 49.3 Å². The number of nitrogens with one attached hydrogen (secondary N) is 1. The van der Waals surface area contributed by atoms with E-state index in [4.69, 9.17) is 5.11 Å². The number of carboxylic acids is 1. The van der Waals surface area contributed by atoms with Gasteiger partial charge in [0.2, 0.25) is 0 Å². The molecule has 0 atom stereocenters. The minimum atomic E-state index is -1.15. The standard InChI is InChI=1S/C13H8BrF2NO2/c14-8-5-10(16)12(6-9(8)15)17-11-4-2-1-3-7(11)13(18)19/h1-6,17H,(H,18,19). The molecule has 2 aromatic rings. The van der Waals surface area contributed by atoms with Gasteiger partial charge < -0.3 is 10.4 Å². The maximum atomic E-state index is 13.6. The first-order valence-electron chi connectivity index (χ1n) is 5.23. The largest absolute Gasteiger partial charge is 0.478 e. The fourth-order valence-electron chi connectivity index (χ4n) is 1.54. The van der Waals surface area contributed by atoms with Crippen LogP contribution in [0.25, 0.3) is 0 Å². The smallest absolute Gasteiger partial charge is 0.337 e. The van der Waals surface area contributed by atoms with Crippen molar-refractivity contribution in [2.75, 3.05) is 5.32 Å². The van der Waals surface area contributed by atoms with Crippen LogP contribution in [0, 0.1) is 11.6 Å². The molecule has 0 unspecified atom stereocenters. The van der Waals surface area contributed by atoms with Crippen molar-refractivity contribution in [3.05, 3.63) is 58.1 Å². The quantitative estimate of drug-likeness (QED) is 0.832. The molecule has 0 fully saturated rings. The number of rotatable bonds is 3. The van der Waals surface area contributed by atoms with E-state index in [1.807, 2.05) is 0 Å². The van der Waals surface area contributed by atoms with Gasteiger partial charge in [0, 0.05) is 6.07 Å². The van der Waals surface area contributed by atoms with E-state index in [9.17, 15) is 13.6 Å². The summed E-state index contributed by atoms with van der Waals surface area (Å²) < 4.78 is 27.0. The predicted molar refractivity (Wildman–Crippen MR) is 70.7 cm³/mol. The lowest BCUT2D eigenvalue weighted by molar-refractivity contribution is 0.0698. The van der Waals surface area contributed by atoms with Gasteiger partial charge >= 0.3 is 5.97 Å². The van der Waals surface area contributed by atoms with Crippen LogP contribution in [0.2, 0.25) is 0 Å². The summed E-state index contributed by atoms with van der Waals surface area (Å²) in [5.41, 5.74) is 0.0373. The van der Waals surface area contributed by atoms with E-state index >= 15 is 0 Å². The fraction of sp³-hybridized carbons (Fsp3) is 0. The summed E-state index contributed by atoms with van der Waals surface area (Å²) in [6.45, 7) is 0. The van der Waals surface area contributed by atoms with Crippen molar-refractivity contribution in [3.8, 4) is 0 Å². The van der Waals surface area contributed by atoms with Gasteiger partial charge in [0.1, 0.15) is 11.6 Å². The Kier molecular flexibility index (Phi) is 3.80. The molecular weight excluding hydrogens is 320 g/mol. The van der Waals surface area contributed by atoms with Gasteiger partial charge in [-0.2, -0.15) is 0 Å². The average molecular weight is 328 g/mol. The molecule has 0 bridgehead atoms. The number of hydrogen-bond donors (Lipinski definition) is 2. The molecule has 2 aromatic carbocycles.